The molecule has 1 aromatic carbocycles. The number of pyridine rings is 1. The van der Waals surface area contributed by atoms with Gasteiger partial charge in [-0.25, -0.2) is 0 Å². The Balaban J connectivity index is 1.99. The van der Waals surface area contributed by atoms with Gasteiger partial charge in [-0.3, -0.25) is 4.98 Å². The molecule has 0 saturated carbocycles. The van der Waals surface area contributed by atoms with E-state index in [4.69, 9.17) is 34.8 Å². The molecule has 2 aromatic rings. The van der Waals surface area contributed by atoms with Gasteiger partial charge in [0.05, 0.1) is 15.7 Å². The molecule has 0 radical (unpaired) electrons. The van der Waals surface area contributed by atoms with E-state index in [-0.39, 0.29) is 0 Å². The first-order valence-corrected chi connectivity index (χ1v) is 6.57. The largest absolute Gasteiger partial charge is 0.382 e. The van der Waals surface area contributed by atoms with Gasteiger partial charge in [0, 0.05) is 24.0 Å². The zero-order chi connectivity index (χ0) is 13.0. The van der Waals surface area contributed by atoms with Gasteiger partial charge in [0.1, 0.15) is 0 Å². The lowest BCUT2D eigenvalue weighted by molar-refractivity contribution is 1.01. The lowest BCUT2D eigenvalue weighted by Crippen LogP contribution is -2.06. The fraction of sp³-hybridized carbons (Fsp3) is 0.154. The molecule has 2 nitrogen and oxygen atoms in total. The summed E-state index contributed by atoms with van der Waals surface area (Å²) < 4.78 is 0. The van der Waals surface area contributed by atoms with E-state index >= 15 is 0 Å². The molecule has 0 unspecified atom stereocenters. The van der Waals surface area contributed by atoms with Gasteiger partial charge in [0.2, 0.25) is 0 Å². The van der Waals surface area contributed by atoms with Crippen LogP contribution in [-0.2, 0) is 6.42 Å². The number of nitrogens with zero attached hydrogens (tertiary/aromatic N) is 1. The molecule has 1 N–H and O–H groups in total. The molecule has 0 aliphatic heterocycles. The highest BCUT2D eigenvalue weighted by molar-refractivity contribution is 6.41. The Morgan fingerprint density at radius 1 is 1.11 bits per heavy atom. The lowest BCUT2D eigenvalue weighted by atomic mass is 10.2. The Morgan fingerprint density at radius 3 is 2.44 bits per heavy atom. The second-order valence-corrected chi connectivity index (χ2v) is 5.03. The highest BCUT2D eigenvalue weighted by Gasteiger charge is 2.06. The van der Waals surface area contributed by atoms with E-state index in [9.17, 15) is 0 Å². The van der Waals surface area contributed by atoms with Crippen LogP contribution in [0.5, 0.6) is 0 Å². The van der Waals surface area contributed by atoms with Gasteiger partial charge in [-0.2, -0.15) is 0 Å². The molecule has 5 heteroatoms. The van der Waals surface area contributed by atoms with Gasteiger partial charge in [0.25, 0.3) is 0 Å². The van der Waals surface area contributed by atoms with E-state index in [1.807, 2.05) is 18.3 Å². The van der Waals surface area contributed by atoms with Crippen molar-refractivity contribution in [1.29, 1.82) is 0 Å². The Hall–Kier alpha value is -0.960. The summed E-state index contributed by atoms with van der Waals surface area (Å²) in [6.45, 7) is 0.729. The molecule has 18 heavy (non-hydrogen) atoms. The van der Waals surface area contributed by atoms with Gasteiger partial charge >= 0.3 is 0 Å². The summed E-state index contributed by atoms with van der Waals surface area (Å²) >= 11 is 18.0. The van der Waals surface area contributed by atoms with E-state index in [0.29, 0.717) is 20.8 Å². The van der Waals surface area contributed by atoms with Crippen molar-refractivity contribution in [3.8, 4) is 0 Å². The zero-order valence-corrected chi connectivity index (χ0v) is 11.7. The van der Waals surface area contributed by atoms with Crippen LogP contribution in [0.25, 0.3) is 0 Å². The Bertz CT molecular complexity index is 506. The molecule has 0 spiro atoms. The summed E-state index contributed by atoms with van der Waals surface area (Å²) in [6.07, 6.45) is 4.44. The van der Waals surface area contributed by atoms with Gasteiger partial charge in [-0.05, 0) is 30.2 Å². The van der Waals surface area contributed by atoms with Crippen molar-refractivity contribution in [3.05, 3.63) is 57.3 Å². The second kappa shape index (κ2) is 6.28. The third-order valence-corrected chi connectivity index (χ3v) is 3.26. The minimum Gasteiger partial charge on any atom is -0.382 e. The molecule has 94 valence electrons. The third-order valence-electron chi connectivity index (χ3n) is 2.45. The normalized spacial score (nSPS) is 10.4. The molecule has 1 aromatic heterocycles. The summed E-state index contributed by atoms with van der Waals surface area (Å²) in [5.74, 6) is 0. The highest BCUT2D eigenvalue weighted by Crippen LogP contribution is 2.33. The molecule has 0 aliphatic carbocycles. The van der Waals surface area contributed by atoms with E-state index in [1.165, 1.54) is 0 Å². The second-order valence-electron chi connectivity index (χ2n) is 3.78. The molecule has 0 aliphatic rings. The number of benzene rings is 1. The van der Waals surface area contributed by atoms with E-state index in [0.717, 1.165) is 18.5 Å². The predicted octanol–water partition coefficient (Wildman–Crippen LogP) is 4.70. The summed E-state index contributed by atoms with van der Waals surface area (Å²) in [5.41, 5.74) is 1.87. The first-order valence-electron chi connectivity index (χ1n) is 5.44. The maximum Gasteiger partial charge on any atom is 0.0720 e. The van der Waals surface area contributed by atoms with Crippen molar-refractivity contribution in [1.82, 2.24) is 4.98 Å². The summed E-state index contributed by atoms with van der Waals surface area (Å²) in [7, 11) is 0. The fourth-order valence-corrected chi connectivity index (χ4v) is 2.54. The average molecular weight is 302 g/mol. The number of hydrogen-bond donors (Lipinski definition) is 1. The molecule has 2 rings (SSSR count). The number of anilines is 1. The quantitative estimate of drug-likeness (QED) is 0.885. The average Bonchev–Trinajstić information content (AvgIpc) is 2.34. The standard InChI is InChI=1S/C13H11Cl3N2/c14-10-6-11(15)13(12(16)7-10)18-5-3-9-2-1-4-17-8-9/h1-2,4,6-8,18H,3,5H2. The number of halogens is 3. The van der Waals surface area contributed by atoms with E-state index < -0.39 is 0 Å². The minimum absolute atomic E-state index is 0.527. The van der Waals surface area contributed by atoms with E-state index in [2.05, 4.69) is 10.3 Å². The molecule has 0 saturated heterocycles. The maximum atomic E-state index is 6.07. The van der Waals surface area contributed by atoms with Crippen LogP contribution < -0.4 is 5.32 Å². The van der Waals surface area contributed by atoms with Crippen molar-refractivity contribution in [2.45, 2.75) is 6.42 Å². The minimum atomic E-state index is 0.527. The van der Waals surface area contributed by atoms with Crippen LogP contribution in [0.15, 0.2) is 36.7 Å². The maximum absolute atomic E-state index is 6.07. The van der Waals surface area contributed by atoms with Crippen molar-refractivity contribution in [2.24, 2.45) is 0 Å². The van der Waals surface area contributed by atoms with Gasteiger partial charge in [0.15, 0.2) is 0 Å². The molecule has 0 bridgehead atoms. The van der Waals surface area contributed by atoms with Gasteiger partial charge in [-0.1, -0.05) is 40.9 Å². The van der Waals surface area contributed by atoms with Crippen molar-refractivity contribution in [2.75, 3.05) is 11.9 Å². The summed E-state index contributed by atoms with van der Waals surface area (Å²) in [5, 5.41) is 4.79. The van der Waals surface area contributed by atoms with Crippen LogP contribution in [0, 0.1) is 0 Å². The fourth-order valence-electron chi connectivity index (χ4n) is 1.59. The predicted molar refractivity (Wildman–Crippen MR) is 77.9 cm³/mol. The summed E-state index contributed by atoms with van der Waals surface area (Å²) in [4.78, 5) is 4.06. The molecule has 0 atom stereocenters. The third kappa shape index (κ3) is 3.52. The molecule has 1 heterocycles. The van der Waals surface area contributed by atoms with Crippen molar-refractivity contribution in [3.63, 3.8) is 0 Å². The summed E-state index contributed by atoms with van der Waals surface area (Å²) in [6, 6.07) is 7.28. The molecular weight excluding hydrogens is 291 g/mol. The number of nitrogens with one attached hydrogen (secondary N) is 1. The smallest absolute Gasteiger partial charge is 0.0720 e. The Morgan fingerprint density at radius 2 is 1.83 bits per heavy atom. The van der Waals surface area contributed by atoms with Crippen molar-refractivity contribution < 1.29 is 0 Å². The van der Waals surface area contributed by atoms with Gasteiger partial charge < -0.3 is 5.32 Å². The van der Waals surface area contributed by atoms with Crippen molar-refractivity contribution >= 4 is 40.5 Å². The highest BCUT2D eigenvalue weighted by atomic mass is 35.5. The Labute approximate surface area is 121 Å². The zero-order valence-electron chi connectivity index (χ0n) is 9.46. The van der Waals surface area contributed by atoms with Crippen LogP contribution in [-0.4, -0.2) is 11.5 Å². The van der Waals surface area contributed by atoms with Crippen LogP contribution >= 0.6 is 34.8 Å². The Kier molecular flexibility index (Phi) is 4.70. The van der Waals surface area contributed by atoms with E-state index in [1.54, 1.807) is 18.3 Å². The first-order chi connectivity index (χ1) is 8.66. The monoisotopic (exact) mass is 300 g/mol. The van der Waals surface area contributed by atoms with Gasteiger partial charge in [-0.15, -0.1) is 0 Å². The SMILES string of the molecule is Clc1cc(Cl)c(NCCc2cccnc2)c(Cl)c1. The first kappa shape index (κ1) is 13.5. The lowest BCUT2D eigenvalue weighted by Gasteiger charge is -2.10. The van der Waals surface area contributed by atoms with Crippen LogP contribution in [0.4, 0.5) is 5.69 Å². The number of rotatable bonds is 4. The number of hydrogen-bond acceptors (Lipinski definition) is 2. The molecular formula is C13H11Cl3N2. The molecule has 0 amide bonds. The topological polar surface area (TPSA) is 24.9 Å². The number of aromatic nitrogens is 1. The van der Waals surface area contributed by atoms with Crippen LogP contribution in [0.2, 0.25) is 15.1 Å². The van der Waals surface area contributed by atoms with Crippen LogP contribution in [0.1, 0.15) is 5.56 Å². The molecule has 0 fully saturated rings. The van der Waals surface area contributed by atoms with Crippen LogP contribution in [0.3, 0.4) is 0 Å².